The van der Waals surface area contributed by atoms with Crippen LogP contribution in [0.5, 0.6) is 5.75 Å². The van der Waals surface area contributed by atoms with E-state index >= 15 is 0 Å². The van der Waals surface area contributed by atoms with E-state index in [4.69, 9.17) is 4.74 Å². The first-order chi connectivity index (χ1) is 12.4. The third-order valence-electron chi connectivity index (χ3n) is 3.96. The number of rotatable bonds is 7. The quantitative estimate of drug-likeness (QED) is 0.794. The van der Waals surface area contributed by atoms with Crippen LogP contribution in [-0.2, 0) is 4.79 Å². The lowest BCUT2D eigenvalue weighted by Crippen LogP contribution is -2.32. The van der Waals surface area contributed by atoms with Crippen molar-refractivity contribution < 1.29 is 14.3 Å². The SMILES string of the molecule is CCC(C)NC(=O)c1cccc(NC(=O)COc2cc(C)cc(C)c2)c1. The first-order valence-electron chi connectivity index (χ1n) is 8.79. The molecule has 2 aromatic carbocycles. The van der Waals surface area contributed by atoms with Crippen molar-refractivity contribution in [3.05, 3.63) is 59.2 Å². The minimum Gasteiger partial charge on any atom is -0.484 e. The van der Waals surface area contributed by atoms with Crippen molar-refractivity contribution in [1.29, 1.82) is 0 Å². The predicted octanol–water partition coefficient (Wildman–Crippen LogP) is 3.85. The van der Waals surface area contributed by atoms with Crippen molar-refractivity contribution in [3.8, 4) is 5.75 Å². The van der Waals surface area contributed by atoms with Gasteiger partial charge in [0, 0.05) is 17.3 Å². The van der Waals surface area contributed by atoms with Crippen LogP contribution in [0.15, 0.2) is 42.5 Å². The summed E-state index contributed by atoms with van der Waals surface area (Å²) in [5, 5.41) is 5.67. The summed E-state index contributed by atoms with van der Waals surface area (Å²) < 4.78 is 5.56. The van der Waals surface area contributed by atoms with Gasteiger partial charge in [0.1, 0.15) is 5.75 Å². The van der Waals surface area contributed by atoms with Crippen LogP contribution in [0.25, 0.3) is 0 Å². The third-order valence-corrected chi connectivity index (χ3v) is 3.96. The predicted molar refractivity (Wildman–Crippen MR) is 104 cm³/mol. The Bertz CT molecular complexity index is 766. The Morgan fingerprint density at radius 2 is 1.77 bits per heavy atom. The van der Waals surface area contributed by atoms with E-state index in [0.29, 0.717) is 17.0 Å². The van der Waals surface area contributed by atoms with Gasteiger partial charge in [0.15, 0.2) is 6.61 Å². The van der Waals surface area contributed by atoms with E-state index in [1.807, 2.05) is 45.9 Å². The minimum absolute atomic E-state index is 0.0911. The largest absolute Gasteiger partial charge is 0.484 e. The lowest BCUT2D eigenvalue weighted by atomic mass is 10.1. The maximum Gasteiger partial charge on any atom is 0.262 e. The number of carbonyl (C=O) groups excluding carboxylic acids is 2. The van der Waals surface area contributed by atoms with Gasteiger partial charge in [-0.3, -0.25) is 9.59 Å². The molecule has 0 bridgehead atoms. The number of aryl methyl sites for hydroxylation is 2. The van der Waals surface area contributed by atoms with Gasteiger partial charge in [-0.15, -0.1) is 0 Å². The van der Waals surface area contributed by atoms with Gasteiger partial charge in [-0.05, 0) is 68.7 Å². The van der Waals surface area contributed by atoms with Crippen LogP contribution in [-0.4, -0.2) is 24.5 Å². The molecule has 0 heterocycles. The van der Waals surface area contributed by atoms with E-state index in [0.717, 1.165) is 17.5 Å². The molecule has 138 valence electrons. The van der Waals surface area contributed by atoms with Gasteiger partial charge in [-0.1, -0.05) is 19.1 Å². The maximum atomic E-state index is 12.2. The Morgan fingerprint density at radius 3 is 2.42 bits per heavy atom. The Balaban J connectivity index is 1.94. The Labute approximate surface area is 154 Å². The van der Waals surface area contributed by atoms with Gasteiger partial charge in [0.2, 0.25) is 0 Å². The molecule has 0 aliphatic rings. The Kier molecular flexibility index (Phi) is 6.78. The summed E-state index contributed by atoms with van der Waals surface area (Å²) in [5.41, 5.74) is 3.25. The molecule has 0 fully saturated rings. The molecule has 0 radical (unpaired) electrons. The van der Waals surface area contributed by atoms with E-state index < -0.39 is 0 Å². The molecular formula is C21H26N2O3. The number of nitrogens with one attached hydrogen (secondary N) is 2. The summed E-state index contributed by atoms with van der Waals surface area (Å²) in [6, 6.07) is 12.8. The molecule has 26 heavy (non-hydrogen) atoms. The molecule has 1 unspecified atom stereocenters. The monoisotopic (exact) mass is 354 g/mol. The zero-order valence-corrected chi connectivity index (χ0v) is 15.8. The highest BCUT2D eigenvalue weighted by atomic mass is 16.5. The number of hydrogen-bond acceptors (Lipinski definition) is 3. The highest BCUT2D eigenvalue weighted by molar-refractivity contribution is 5.97. The highest BCUT2D eigenvalue weighted by Crippen LogP contribution is 2.16. The fourth-order valence-corrected chi connectivity index (χ4v) is 2.51. The van der Waals surface area contributed by atoms with Gasteiger partial charge in [-0.2, -0.15) is 0 Å². The normalized spacial score (nSPS) is 11.5. The van der Waals surface area contributed by atoms with Gasteiger partial charge < -0.3 is 15.4 Å². The lowest BCUT2D eigenvalue weighted by Gasteiger charge is -2.12. The second kappa shape index (κ2) is 9.04. The molecule has 1 atom stereocenters. The van der Waals surface area contributed by atoms with Crippen molar-refractivity contribution in [2.24, 2.45) is 0 Å². The standard InChI is InChI=1S/C21H26N2O3/c1-5-16(4)22-21(25)17-7-6-8-18(12-17)23-20(24)13-26-19-10-14(2)9-15(3)11-19/h6-12,16H,5,13H2,1-4H3,(H,22,25)(H,23,24). The summed E-state index contributed by atoms with van der Waals surface area (Å²) in [6.07, 6.45) is 0.859. The molecule has 0 saturated carbocycles. The van der Waals surface area contributed by atoms with Gasteiger partial charge >= 0.3 is 0 Å². The number of benzene rings is 2. The topological polar surface area (TPSA) is 67.4 Å². The summed E-state index contributed by atoms with van der Waals surface area (Å²) in [4.78, 5) is 24.3. The Hall–Kier alpha value is -2.82. The molecule has 0 aliphatic carbocycles. The van der Waals surface area contributed by atoms with E-state index in [2.05, 4.69) is 10.6 Å². The van der Waals surface area contributed by atoms with Crippen molar-refractivity contribution in [3.63, 3.8) is 0 Å². The molecule has 2 amide bonds. The van der Waals surface area contributed by atoms with Crippen molar-refractivity contribution in [2.75, 3.05) is 11.9 Å². The van der Waals surface area contributed by atoms with E-state index in [1.54, 1.807) is 24.3 Å². The van der Waals surface area contributed by atoms with Crippen LogP contribution in [0, 0.1) is 13.8 Å². The number of carbonyl (C=O) groups is 2. The van der Waals surface area contributed by atoms with Crippen LogP contribution in [0.1, 0.15) is 41.8 Å². The third kappa shape index (κ3) is 5.92. The summed E-state index contributed by atoms with van der Waals surface area (Å²) in [5.74, 6) is 0.241. The number of hydrogen-bond donors (Lipinski definition) is 2. The lowest BCUT2D eigenvalue weighted by molar-refractivity contribution is -0.118. The summed E-state index contributed by atoms with van der Waals surface area (Å²) in [6.45, 7) is 7.84. The van der Waals surface area contributed by atoms with Crippen molar-refractivity contribution >= 4 is 17.5 Å². The molecule has 5 nitrogen and oxygen atoms in total. The molecule has 2 N–H and O–H groups in total. The second-order valence-electron chi connectivity index (χ2n) is 6.52. The van der Waals surface area contributed by atoms with Gasteiger partial charge in [0.25, 0.3) is 11.8 Å². The maximum absolute atomic E-state index is 12.2. The van der Waals surface area contributed by atoms with Gasteiger partial charge in [-0.25, -0.2) is 0 Å². The van der Waals surface area contributed by atoms with Gasteiger partial charge in [0.05, 0.1) is 0 Å². The number of ether oxygens (including phenoxy) is 1. The van der Waals surface area contributed by atoms with Crippen molar-refractivity contribution in [2.45, 2.75) is 40.2 Å². The summed E-state index contributed by atoms with van der Waals surface area (Å²) in [7, 11) is 0. The molecule has 0 aliphatic heterocycles. The Morgan fingerprint density at radius 1 is 1.08 bits per heavy atom. The van der Waals surface area contributed by atoms with Crippen LogP contribution < -0.4 is 15.4 Å². The molecule has 2 aromatic rings. The average Bonchev–Trinajstić information content (AvgIpc) is 2.59. The van der Waals surface area contributed by atoms with E-state index in [1.165, 1.54) is 0 Å². The van der Waals surface area contributed by atoms with Crippen LogP contribution in [0.2, 0.25) is 0 Å². The smallest absolute Gasteiger partial charge is 0.262 e. The number of anilines is 1. The first kappa shape index (κ1) is 19.5. The molecular weight excluding hydrogens is 328 g/mol. The molecule has 2 rings (SSSR count). The first-order valence-corrected chi connectivity index (χ1v) is 8.79. The average molecular weight is 354 g/mol. The fourth-order valence-electron chi connectivity index (χ4n) is 2.51. The second-order valence-corrected chi connectivity index (χ2v) is 6.52. The molecule has 0 saturated heterocycles. The van der Waals surface area contributed by atoms with E-state index in [9.17, 15) is 9.59 Å². The molecule has 0 aromatic heterocycles. The minimum atomic E-state index is -0.274. The zero-order chi connectivity index (χ0) is 19.1. The fraction of sp³-hybridized carbons (Fsp3) is 0.333. The van der Waals surface area contributed by atoms with Crippen LogP contribution >= 0.6 is 0 Å². The van der Waals surface area contributed by atoms with Crippen LogP contribution in [0.3, 0.4) is 0 Å². The molecule has 5 heteroatoms. The van der Waals surface area contributed by atoms with E-state index in [-0.39, 0.29) is 24.5 Å². The zero-order valence-electron chi connectivity index (χ0n) is 15.8. The number of amides is 2. The summed E-state index contributed by atoms with van der Waals surface area (Å²) >= 11 is 0. The highest BCUT2D eigenvalue weighted by Gasteiger charge is 2.10. The molecule has 0 spiro atoms. The van der Waals surface area contributed by atoms with Crippen molar-refractivity contribution in [1.82, 2.24) is 5.32 Å². The van der Waals surface area contributed by atoms with Crippen LogP contribution in [0.4, 0.5) is 5.69 Å².